The number of ether oxygens (including phenoxy) is 1. The monoisotopic (exact) mass is 681 g/mol. The summed E-state index contributed by atoms with van der Waals surface area (Å²) in [6.45, 7) is -0.724. The van der Waals surface area contributed by atoms with Crippen LogP contribution in [0.2, 0.25) is 5.02 Å². The Hall–Kier alpha value is -3.68. The fourth-order valence-corrected chi connectivity index (χ4v) is 7.33. The summed E-state index contributed by atoms with van der Waals surface area (Å²) in [5, 5.41) is 18.9. The van der Waals surface area contributed by atoms with Gasteiger partial charge < -0.3 is 14.9 Å². The van der Waals surface area contributed by atoms with E-state index in [0.29, 0.717) is 22.3 Å². The van der Waals surface area contributed by atoms with E-state index in [0.717, 1.165) is 0 Å². The zero-order valence-electron chi connectivity index (χ0n) is 23.6. The van der Waals surface area contributed by atoms with Crippen LogP contribution in [0.25, 0.3) is 11.1 Å². The zero-order chi connectivity index (χ0) is 32.8. The maximum atomic E-state index is 14.0. The number of aliphatic hydroxyl groups is 1. The van der Waals surface area contributed by atoms with Crippen molar-refractivity contribution in [1.82, 2.24) is 4.31 Å². The Morgan fingerprint density at radius 2 is 1.49 bits per heavy atom. The molecule has 0 aromatic heterocycles. The first-order valence-corrected chi connectivity index (χ1v) is 16.7. The van der Waals surface area contributed by atoms with Crippen LogP contribution in [0.5, 0.6) is 5.75 Å². The number of halogens is 3. The Morgan fingerprint density at radius 3 is 2.09 bits per heavy atom. The molecule has 2 N–H and O–H groups in total. The van der Waals surface area contributed by atoms with Crippen LogP contribution in [0.4, 0.5) is 9.05 Å². The lowest BCUT2D eigenvalue weighted by Gasteiger charge is -2.24. The highest BCUT2D eigenvalue weighted by Crippen LogP contribution is 2.53. The van der Waals surface area contributed by atoms with E-state index >= 15 is 0 Å². The predicted octanol–water partition coefficient (Wildman–Crippen LogP) is 7.09. The summed E-state index contributed by atoms with van der Waals surface area (Å²) in [6, 6.07) is 21.8. The summed E-state index contributed by atoms with van der Waals surface area (Å²) in [6.07, 6.45) is -0.800. The summed E-state index contributed by atoms with van der Waals surface area (Å²) in [7, 11) is -7.56. The maximum Gasteiger partial charge on any atom is 0.399 e. The third-order valence-electron chi connectivity index (χ3n) is 6.89. The second-order valence-corrected chi connectivity index (χ2v) is 13.9. The molecule has 0 amide bonds. The van der Waals surface area contributed by atoms with Gasteiger partial charge in [0.05, 0.1) is 25.4 Å². The molecule has 0 unspecified atom stereocenters. The van der Waals surface area contributed by atoms with Gasteiger partial charge in [-0.2, -0.15) is 4.31 Å². The third-order valence-corrected chi connectivity index (χ3v) is 10.2. The molecule has 0 radical (unpaired) electrons. The summed E-state index contributed by atoms with van der Waals surface area (Å²) in [5.41, 5.74) is 2.53. The molecule has 0 bridgehead atoms. The Labute approximate surface area is 262 Å². The highest BCUT2D eigenvalue weighted by Gasteiger charge is 2.31. The normalized spacial score (nSPS) is 12.0. The average molecular weight is 682 g/mol. The van der Waals surface area contributed by atoms with Crippen molar-refractivity contribution < 1.29 is 51.2 Å². The number of rotatable bonds is 14. The van der Waals surface area contributed by atoms with Gasteiger partial charge in [0.1, 0.15) is 10.6 Å². The number of para-hydroxylation sites is 1. The SMILES string of the molecule is COc1ccccc1S(=O)(=O)N(Cc1ccc(-c2ccc(CO)c(C(=O)O)c2)cc1)Cc1ccc(CP(=O)(OF)OF)c(Cl)c1. The first-order chi connectivity index (χ1) is 21.4. The maximum absolute atomic E-state index is 14.0. The molecule has 238 valence electrons. The number of hydrogen-bond acceptors (Lipinski definition) is 8. The Morgan fingerprint density at radius 1 is 0.889 bits per heavy atom. The molecule has 0 spiro atoms. The van der Waals surface area contributed by atoms with Crippen LogP contribution < -0.4 is 4.74 Å². The van der Waals surface area contributed by atoms with Gasteiger partial charge >= 0.3 is 13.6 Å². The fourth-order valence-electron chi connectivity index (χ4n) is 4.59. The first kappa shape index (κ1) is 34.2. The van der Waals surface area contributed by atoms with Crippen molar-refractivity contribution >= 4 is 35.2 Å². The van der Waals surface area contributed by atoms with Gasteiger partial charge in [0.15, 0.2) is 0 Å². The van der Waals surface area contributed by atoms with E-state index in [2.05, 4.69) is 9.46 Å². The molecule has 0 aliphatic rings. The fraction of sp³-hybridized carbons (Fsp3) is 0.167. The second-order valence-electron chi connectivity index (χ2n) is 9.79. The number of hydrogen-bond donors (Lipinski definition) is 2. The summed E-state index contributed by atoms with van der Waals surface area (Å²) < 4.78 is 77.8. The van der Waals surface area contributed by atoms with Crippen LogP contribution in [0.1, 0.15) is 32.6 Å². The quantitative estimate of drug-likeness (QED) is 0.134. The van der Waals surface area contributed by atoms with Gasteiger partial charge in [0.25, 0.3) is 0 Å². The predicted molar refractivity (Wildman–Crippen MR) is 161 cm³/mol. The number of carboxylic acid groups (broad SMARTS) is 1. The van der Waals surface area contributed by atoms with E-state index in [9.17, 15) is 37.0 Å². The molecule has 0 aliphatic heterocycles. The Kier molecular flexibility index (Phi) is 11.1. The van der Waals surface area contributed by atoms with Crippen LogP contribution >= 0.6 is 19.2 Å². The number of aliphatic hydroxyl groups excluding tert-OH is 1. The Bertz CT molecular complexity index is 1830. The number of carbonyl (C=O) groups is 1. The molecular formula is C30H27ClF2NO9PS. The van der Waals surface area contributed by atoms with E-state index in [1.165, 1.54) is 53.9 Å². The number of methoxy groups -OCH3 is 1. The van der Waals surface area contributed by atoms with Gasteiger partial charge in [0.2, 0.25) is 10.0 Å². The topological polar surface area (TPSA) is 140 Å². The van der Waals surface area contributed by atoms with Crippen molar-refractivity contribution in [2.24, 2.45) is 0 Å². The van der Waals surface area contributed by atoms with Crippen molar-refractivity contribution in [3.63, 3.8) is 0 Å². The minimum absolute atomic E-state index is 0.0323. The molecule has 4 aromatic rings. The molecular weight excluding hydrogens is 655 g/mol. The first-order valence-electron chi connectivity index (χ1n) is 13.1. The standard InChI is InChI=1S/C30H27ClF2NO9PS/c1-41-28-4-2-3-5-29(28)45(39,40)34(17-21-8-11-25(27(31)14-21)19-44(38,42-32)43-33)16-20-6-9-22(10-7-20)23-12-13-24(18-35)26(15-23)30(36)37/h2-15,35H,16-19H2,1H3,(H,36,37). The molecule has 4 aromatic carbocycles. The molecule has 15 heteroatoms. The molecule has 4 rings (SSSR count). The molecule has 0 aliphatic carbocycles. The van der Waals surface area contributed by atoms with Gasteiger partial charge in [-0.05, 0) is 66.7 Å². The molecule has 10 nitrogen and oxygen atoms in total. The van der Waals surface area contributed by atoms with Crippen molar-refractivity contribution in [2.75, 3.05) is 7.11 Å². The van der Waals surface area contributed by atoms with Gasteiger partial charge in [-0.3, -0.25) is 4.57 Å². The smallest absolute Gasteiger partial charge is 0.399 e. The summed E-state index contributed by atoms with van der Waals surface area (Å²) in [4.78, 5) is 11.5. The number of benzene rings is 4. The lowest BCUT2D eigenvalue weighted by molar-refractivity contribution is -0.0881. The third kappa shape index (κ3) is 7.95. The average Bonchev–Trinajstić information content (AvgIpc) is 3.05. The minimum Gasteiger partial charge on any atom is -0.495 e. The largest absolute Gasteiger partial charge is 0.495 e. The van der Waals surface area contributed by atoms with Gasteiger partial charge in [-0.25, -0.2) is 13.2 Å². The van der Waals surface area contributed by atoms with Crippen LogP contribution in [0, 0.1) is 0 Å². The van der Waals surface area contributed by atoms with Crippen LogP contribution in [-0.2, 0) is 49.9 Å². The number of aromatic carboxylic acids is 1. The van der Waals surface area contributed by atoms with E-state index in [1.54, 1.807) is 42.5 Å². The van der Waals surface area contributed by atoms with Gasteiger partial charge in [-0.1, -0.05) is 72.3 Å². The van der Waals surface area contributed by atoms with Crippen molar-refractivity contribution in [3.05, 3.63) is 118 Å². The second kappa shape index (κ2) is 14.6. The van der Waals surface area contributed by atoms with E-state index in [-0.39, 0.29) is 45.4 Å². The highest BCUT2D eigenvalue weighted by molar-refractivity contribution is 7.89. The minimum atomic E-state index is -4.71. The van der Waals surface area contributed by atoms with Gasteiger partial charge in [-0.15, -0.1) is 9.46 Å². The molecule has 0 atom stereocenters. The lowest BCUT2D eigenvalue weighted by atomic mass is 9.98. The molecule has 0 saturated heterocycles. The zero-order valence-corrected chi connectivity index (χ0v) is 26.1. The summed E-state index contributed by atoms with van der Waals surface area (Å²) >= 11 is 6.28. The summed E-state index contributed by atoms with van der Waals surface area (Å²) in [5.74, 6) is -1.05. The van der Waals surface area contributed by atoms with E-state index in [4.69, 9.17) is 16.3 Å². The highest BCUT2D eigenvalue weighted by atomic mass is 35.5. The molecule has 45 heavy (non-hydrogen) atoms. The molecule has 0 saturated carbocycles. The van der Waals surface area contributed by atoms with Crippen molar-refractivity contribution in [3.8, 4) is 16.9 Å². The van der Waals surface area contributed by atoms with Crippen LogP contribution in [0.15, 0.2) is 89.8 Å². The van der Waals surface area contributed by atoms with Crippen LogP contribution in [-0.4, -0.2) is 36.0 Å². The number of sulfonamides is 1. The molecule has 0 fully saturated rings. The van der Waals surface area contributed by atoms with Crippen molar-refractivity contribution in [1.29, 1.82) is 0 Å². The van der Waals surface area contributed by atoms with E-state index in [1.807, 2.05) is 0 Å². The lowest BCUT2D eigenvalue weighted by Crippen LogP contribution is -2.30. The van der Waals surface area contributed by atoms with Crippen molar-refractivity contribution in [2.45, 2.75) is 30.8 Å². The van der Waals surface area contributed by atoms with E-state index < -0.39 is 36.4 Å². The number of carboxylic acids is 1. The van der Waals surface area contributed by atoms with Gasteiger partial charge in [0, 0.05) is 18.1 Å². The number of nitrogens with zero attached hydrogens (tertiary/aromatic N) is 1. The van der Waals surface area contributed by atoms with Crippen LogP contribution in [0.3, 0.4) is 0 Å². The Balaban J connectivity index is 1.68. The molecule has 0 heterocycles.